The van der Waals surface area contributed by atoms with Crippen LogP contribution in [0.4, 0.5) is 11.6 Å². The van der Waals surface area contributed by atoms with E-state index in [1.807, 2.05) is 48.1 Å². The number of carbonyl (C=O) groups excluding carboxylic acids is 1. The molecule has 1 fully saturated rings. The number of benzene rings is 1. The molecule has 2 aliphatic rings. The van der Waals surface area contributed by atoms with E-state index in [1.54, 1.807) is 0 Å². The van der Waals surface area contributed by atoms with Gasteiger partial charge in [0, 0.05) is 45.0 Å². The smallest absolute Gasteiger partial charge is 0.291 e. The Bertz CT molecular complexity index is 901. The first-order chi connectivity index (χ1) is 13.0. The summed E-state index contributed by atoms with van der Waals surface area (Å²) >= 11 is 0. The number of aromatic nitrogens is 3. The summed E-state index contributed by atoms with van der Waals surface area (Å²) in [5, 5.41) is 9.95. The Morgan fingerprint density at radius 3 is 2.41 bits per heavy atom. The Kier molecular flexibility index (Phi) is 4.63. The highest BCUT2D eigenvalue weighted by Crippen LogP contribution is 2.26. The molecule has 0 aliphatic carbocycles. The van der Waals surface area contributed by atoms with Crippen LogP contribution in [0.5, 0.6) is 0 Å². The second-order valence-electron chi connectivity index (χ2n) is 7.02. The highest BCUT2D eigenvalue weighted by molar-refractivity contribution is 5.91. The number of carbonyl (C=O) groups is 1. The number of hydrazine groups is 1. The van der Waals surface area contributed by atoms with Gasteiger partial charge in [-0.15, -0.1) is 10.2 Å². The van der Waals surface area contributed by atoms with Crippen molar-refractivity contribution in [2.75, 3.05) is 44.7 Å². The average molecular weight is 369 g/mol. The zero-order valence-electron chi connectivity index (χ0n) is 15.6. The molecule has 0 spiro atoms. The summed E-state index contributed by atoms with van der Waals surface area (Å²) in [6.45, 7) is 6.27. The number of nitrogens with one attached hydrogen (secondary N) is 1. The predicted molar refractivity (Wildman–Crippen MR) is 101 cm³/mol. The molecule has 0 bridgehead atoms. The maximum Gasteiger partial charge on any atom is 0.291 e. The van der Waals surface area contributed by atoms with Crippen molar-refractivity contribution in [3.63, 3.8) is 0 Å². The largest absolute Gasteiger partial charge is 0.309 e. The lowest BCUT2D eigenvalue weighted by molar-refractivity contribution is 0.0654. The van der Waals surface area contributed by atoms with Gasteiger partial charge in [0.05, 0.1) is 0 Å². The van der Waals surface area contributed by atoms with Crippen molar-refractivity contribution in [2.45, 2.75) is 13.5 Å². The van der Waals surface area contributed by atoms with Gasteiger partial charge in [-0.25, -0.2) is 5.01 Å². The molecule has 1 N–H and O–H groups in total. The summed E-state index contributed by atoms with van der Waals surface area (Å²) < 4.78 is 1.52. The maximum absolute atomic E-state index is 12.8. The Morgan fingerprint density at radius 1 is 1.00 bits per heavy atom. The van der Waals surface area contributed by atoms with Gasteiger partial charge < -0.3 is 9.80 Å². The van der Waals surface area contributed by atoms with Crippen LogP contribution in [0.15, 0.2) is 29.1 Å². The van der Waals surface area contributed by atoms with Crippen LogP contribution in [0.2, 0.25) is 0 Å². The molecule has 9 heteroatoms. The van der Waals surface area contributed by atoms with E-state index in [4.69, 9.17) is 0 Å². The van der Waals surface area contributed by atoms with Crippen LogP contribution in [-0.4, -0.2) is 70.4 Å². The van der Waals surface area contributed by atoms with Crippen molar-refractivity contribution in [1.29, 1.82) is 0 Å². The van der Waals surface area contributed by atoms with Crippen LogP contribution < -0.4 is 15.9 Å². The SMILES string of the molecule is Cc1ccc(N2CCn3c2nnc(C(=O)NN2CCN(C)CC2)c3=O)cc1. The average Bonchev–Trinajstić information content (AvgIpc) is 3.09. The van der Waals surface area contributed by atoms with Crippen molar-refractivity contribution in [1.82, 2.24) is 30.1 Å². The zero-order chi connectivity index (χ0) is 19.0. The summed E-state index contributed by atoms with van der Waals surface area (Å²) in [6.07, 6.45) is 0. The normalized spacial score (nSPS) is 17.8. The Balaban J connectivity index is 1.55. The van der Waals surface area contributed by atoms with Gasteiger partial charge in [0.15, 0.2) is 0 Å². The van der Waals surface area contributed by atoms with Gasteiger partial charge in [-0.2, -0.15) is 0 Å². The Hall–Kier alpha value is -2.78. The molecular weight excluding hydrogens is 346 g/mol. The van der Waals surface area contributed by atoms with E-state index in [-0.39, 0.29) is 5.69 Å². The van der Waals surface area contributed by atoms with E-state index in [1.165, 1.54) is 4.57 Å². The summed E-state index contributed by atoms with van der Waals surface area (Å²) in [4.78, 5) is 29.4. The molecule has 142 valence electrons. The van der Waals surface area contributed by atoms with Crippen LogP contribution >= 0.6 is 0 Å². The van der Waals surface area contributed by atoms with E-state index in [9.17, 15) is 9.59 Å². The van der Waals surface area contributed by atoms with E-state index in [0.717, 1.165) is 24.3 Å². The Morgan fingerprint density at radius 2 is 1.70 bits per heavy atom. The van der Waals surface area contributed by atoms with E-state index >= 15 is 0 Å². The van der Waals surface area contributed by atoms with Crippen LogP contribution in [0.25, 0.3) is 0 Å². The van der Waals surface area contributed by atoms with Crippen molar-refractivity contribution >= 4 is 17.5 Å². The molecule has 0 atom stereocenters. The van der Waals surface area contributed by atoms with E-state index < -0.39 is 11.5 Å². The molecule has 2 aliphatic heterocycles. The van der Waals surface area contributed by atoms with Crippen molar-refractivity contribution in [3.8, 4) is 0 Å². The van der Waals surface area contributed by atoms with Gasteiger partial charge in [0.25, 0.3) is 11.5 Å². The number of rotatable bonds is 3. The quantitative estimate of drug-likeness (QED) is 0.814. The van der Waals surface area contributed by atoms with Gasteiger partial charge in [-0.3, -0.25) is 19.6 Å². The third-order valence-corrected chi connectivity index (χ3v) is 5.04. The fraction of sp³-hybridized carbons (Fsp3) is 0.444. The summed E-state index contributed by atoms with van der Waals surface area (Å²) in [7, 11) is 2.04. The molecule has 3 heterocycles. The lowest BCUT2D eigenvalue weighted by Gasteiger charge is -2.32. The predicted octanol–water partition coefficient (Wildman–Crippen LogP) is -0.00938. The molecule has 1 aromatic heterocycles. The highest BCUT2D eigenvalue weighted by Gasteiger charge is 2.28. The van der Waals surface area contributed by atoms with Gasteiger partial charge in [-0.1, -0.05) is 17.7 Å². The number of nitrogens with zero attached hydrogens (tertiary/aromatic N) is 6. The van der Waals surface area contributed by atoms with Crippen molar-refractivity contribution in [3.05, 3.63) is 45.9 Å². The fourth-order valence-electron chi connectivity index (χ4n) is 3.34. The van der Waals surface area contributed by atoms with Gasteiger partial charge >= 0.3 is 0 Å². The standard InChI is InChI=1S/C18H23N7O2/c1-13-3-5-14(6-4-13)24-11-12-25-17(27)15(19-20-18(24)25)16(26)21-23-9-7-22(2)8-10-23/h3-6H,7-12H2,1-2H3,(H,21,26). The minimum Gasteiger partial charge on any atom is -0.309 e. The summed E-state index contributed by atoms with van der Waals surface area (Å²) in [5.74, 6) is -0.0267. The number of hydrogen-bond donors (Lipinski definition) is 1. The Labute approximate surface area is 157 Å². The molecule has 1 aromatic carbocycles. The number of amides is 1. The van der Waals surface area contributed by atoms with Crippen LogP contribution in [0, 0.1) is 6.92 Å². The summed E-state index contributed by atoms with van der Waals surface area (Å²) in [5.41, 5.74) is 4.33. The minimum atomic E-state index is -0.499. The third kappa shape index (κ3) is 3.43. The van der Waals surface area contributed by atoms with E-state index in [2.05, 4.69) is 20.5 Å². The topological polar surface area (TPSA) is 86.6 Å². The maximum atomic E-state index is 12.8. The molecular formula is C18H23N7O2. The molecule has 9 nitrogen and oxygen atoms in total. The number of hydrogen-bond acceptors (Lipinski definition) is 7. The minimum absolute atomic E-state index is 0.163. The molecule has 4 rings (SSSR count). The first-order valence-electron chi connectivity index (χ1n) is 9.09. The van der Waals surface area contributed by atoms with Gasteiger partial charge in [0.2, 0.25) is 11.6 Å². The lowest BCUT2D eigenvalue weighted by atomic mass is 10.2. The number of piperazine rings is 1. The van der Waals surface area contributed by atoms with Crippen LogP contribution in [0.3, 0.4) is 0 Å². The van der Waals surface area contributed by atoms with Gasteiger partial charge in [-0.05, 0) is 26.1 Å². The van der Waals surface area contributed by atoms with Gasteiger partial charge in [0.1, 0.15) is 0 Å². The molecule has 0 saturated carbocycles. The first-order valence-corrected chi connectivity index (χ1v) is 9.09. The molecule has 1 amide bonds. The second kappa shape index (κ2) is 7.09. The number of anilines is 2. The number of aryl methyl sites for hydroxylation is 1. The second-order valence-corrected chi connectivity index (χ2v) is 7.02. The molecule has 0 unspecified atom stereocenters. The van der Waals surface area contributed by atoms with Crippen molar-refractivity contribution < 1.29 is 4.79 Å². The number of likely N-dealkylation sites (N-methyl/N-ethyl adjacent to an activating group) is 1. The van der Waals surface area contributed by atoms with Crippen molar-refractivity contribution in [2.24, 2.45) is 0 Å². The zero-order valence-corrected chi connectivity index (χ0v) is 15.6. The monoisotopic (exact) mass is 369 g/mol. The van der Waals surface area contributed by atoms with E-state index in [0.29, 0.717) is 32.1 Å². The highest BCUT2D eigenvalue weighted by atomic mass is 16.2. The van der Waals surface area contributed by atoms with Crippen LogP contribution in [0.1, 0.15) is 16.1 Å². The third-order valence-electron chi connectivity index (χ3n) is 5.04. The molecule has 2 aromatic rings. The summed E-state index contributed by atoms with van der Waals surface area (Å²) in [6, 6.07) is 8.01. The first kappa shape index (κ1) is 17.6. The lowest BCUT2D eigenvalue weighted by Crippen LogP contribution is -2.53. The fourth-order valence-corrected chi connectivity index (χ4v) is 3.34. The number of fused-ring (bicyclic) bond motifs is 1. The van der Waals surface area contributed by atoms with Crippen LogP contribution in [-0.2, 0) is 6.54 Å². The molecule has 1 saturated heterocycles. The molecule has 27 heavy (non-hydrogen) atoms. The molecule has 0 radical (unpaired) electrons.